The molecule has 162 valence electrons. The lowest BCUT2D eigenvalue weighted by Gasteiger charge is -2.35. The predicted octanol–water partition coefficient (Wildman–Crippen LogP) is 3.34. The molecule has 1 aromatic carbocycles. The number of nitrogens with one attached hydrogen (secondary N) is 2. The molecule has 0 aliphatic carbocycles. The number of anilines is 1. The number of aromatic amines is 1. The maximum atomic E-state index is 13.4. The third-order valence-electron chi connectivity index (χ3n) is 5.46. The Balaban J connectivity index is 1.55. The van der Waals surface area contributed by atoms with Crippen LogP contribution < -0.4 is 5.32 Å². The number of aromatic nitrogens is 4. The van der Waals surface area contributed by atoms with Crippen molar-refractivity contribution in [1.82, 2.24) is 25.1 Å². The Bertz CT molecular complexity index is 1060. The summed E-state index contributed by atoms with van der Waals surface area (Å²) in [5.74, 6) is 0.643. The number of morpholine rings is 1. The Hall–Kier alpha value is -2.97. The molecule has 1 aliphatic rings. The smallest absolute Gasteiger partial charge is 0.292 e. The van der Waals surface area contributed by atoms with E-state index in [1.54, 1.807) is 11.1 Å². The van der Waals surface area contributed by atoms with Crippen LogP contribution in [0.15, 0.2) is 36.7 Å². The minimum absolute atomic E-state index is 0.183. The minimum Gasteiger partial charge on any atom is -0.377 e. The Morgan fingerprint density at radius 1 is 1.35 bits per heavy atom. The van der Waals surface area contributed by atoms with E-state index in [-0.39, 0.29) is 17.8 Å². The van der Waals surface area contributed by atoms with Gasteiger partial charge in [0.25, 0.3) is 5.91 Å². The molecular weight excluding hydrogens is 416 g/mol. The van der Waals surface area contributed by atoms with Crippen LogP contribution >= 0.6 is 11.6 Å². The zero-order valence-corrected chi connectivity index (χ0v) is 18.3. The minimum atomic E-state index is -0.234. The van der Waals surface area contributed by atoms with Gasteiger partial charge in [0, 0.05) is 35.6 Å². The van der Waals surface area contributed by atoms with Crippen LogP contribution in [0.5, 0.6) is 0 Å². The highest BCUT2D eigenvalue weighted by Gasteiger charge is 2.31. The van der Waals surface area contributed by atoms with Crippen molar-refractivity contribution in [3.63, 3.8) is 0 Å². The fourth-order valence-electron chi connectivity index (χ4n) is 3.60. The average Bonchev–Trinajstić information content (AvgIpc) is 3.29. The lowest BCUT2D eigenvalue weighted by molar-refractivity contribution is -0.00335. The van der Waals surface area contributed by atoms with Gasteiger partial charge in [-0.2, -0.15) is 5.10 Å². The number of hydrogen-bond donors (Lipinski definition) is 2. The first-order valence-corrected chi connectivity index (χ1v) is 10.6. The van der Waals surface area contributed by atoms with Crippen molar-refractivity contribution in [1.29, 1.82) is 0 Å². The second-order valence-electron chi connectivity index (χ2n) is 7.53. The van der Waals surface area contributed by atoms with Gasteiger partial charge in [-0.15, -0.1) is 0 Å². The number of benzene rings is 1. The normalized spacial score (nSPS) is 16.4. The van der Waals surface area contributed by atoms with Crippen LogP contribution in [-0.4, -0.2) is 57.3 Å². The number of hydrogen-bond acceptors (Lipinski definition) is 6. The van der Waals surface area contributed by atoms with Crippen molar-refractivity contribution < 1.29 is 9.53 Å². The Morgan fingerprint density at radius 2 is 2.23 bits per heavy atom. The van der Waals surface area contributed by atoms with Gasteiger partial charge in [-0.1, -0.05) is 23.7 Å². The largest absolute Gasteiger partial charge is 0.377 e. The Morgan fingerprint density at radius 3 is 3.00 bits per heavy atom. The highest BCUT2D eigenvalue weighted by Crippen LogP contribution is 2.28. The van der Waals surface area contributed by atoms with Crippen molar-refractivity contribution in [3.8, 4) is 0 Å². The second kappa shape index (κ2) is 9.45. The lowest BCUT2D eigenvalue weighted by atomic mass is 10.0. The molecule has 9 heteroatoms. The van der Waals surface area contributed by atoms with Gasteiger partial charge >= 0.3 is 0 Å². The molecule has 1 aliphatic heterocycles. The van der Waals surface area contributed by atoms with Crippen molar-refractivity contribution >= 4 is 23.3 Å². The summed E-state index contributed by atoms with van der Waals surface area (Å²) in [6.45, 7) is 5.87. The number of ether oxygens (including phenoxy) is 1. The van der Waals surface area contributed by atoms with Gasteiger partial charge in [-0.05, 0) is 43.5 Å². The maximum absolute atomic E-state index is 13.4. The van der Waals surface area contributed by atoms with E-state index in [1.807, 2.05) is 44.3 Å². The van der Waals surface area contributed by atoms with E-state index in [2.05, 4.69) is 25.5 Å². The molecule has 1 amide bonds. The number of aryl methyl sites for hydroxylation is 1. The number of carbonyl (C=O) groups excluding carboxylic acids is 1. The van der Waals surface area contributed by atoms with Crippen LogP contribution in [0.2, 0.25) is 5.02 Å². The van der Waals surface area contributed by atoms with Crippen LogP contribution in [0, 0.1) is 13.8 Å². The summed E-state index contributed by atoms with van der Waals surface area (Å²) in [6, 6.07) is 7.28. The van der Waals surface area contributed by atoms with Gasteiger partial charge in [0.15, 0.2) is 0 Å². The quantitative estimate of drug-likeness (QED) is 0.610. The first-order valence-electron chi connectivity index (χ1n) is 10.2. The molecule has 0 spiro atoms. The van der Waals surface area contributed by atoms with E-state index in [1.165, 1.54) is 0 Å². The van der Waals surface area contributed by atoms with Gasteiger partial charge < -0.3 is 15.0 Å². The van der Waals surface area contributed by atoms with Crippen molar-refractivity contribution in [2.75, 3.05) is 31.6 Å². The van der Waals surface area contributed by atoms with Gasteiger partial charge in [0.2, 0.25) is 5.82 Å². The molecule has 8 nitrogen and oxygen atoms in total. The highest BCUT2D eigenvalue weighted by molar-refractivity contribution is 6.30. The molecule has 3 heterocycles. The first-order chi connectivity index (χ1) is 15.0. The number of halogens is 1. The van der Waals surface area contributed by atoms with Crippen molar-refractivity contribution in [3.05, 3.63) is 69.9 Å². The molecule has 1 fully saturated rings. The van der Waals surface area contributed by atoms with E-state index in [0.717, 1.165) is 28.8 Å². The van der Waals surface area contributed by atoms with Crippen LogP contribution in [0.25, 0.3) is 0 Å². The van der Waals surface area contributed by atoms with Crippen LogP contribution in [0.1, 0.15) is 39.0 Å². The van der Waals surface area contributed by atoms with Gasteiger partial charge in [0.05, 0.1) is 25.5 Å². The molecule has 31 heavy (non-hydrogen) atoms. The second-order valence-corrected chi connectivity index (χ2v) is 7.97. The summed E-state index contributed by atoms with van der Waals surface area (Å²) in [5, 5.41) is 10.7. The fraction of sp³-hybridized carbons (Fsp3) is 0.364. The van der Waals surface area contributed by atoms with E-state index in [0.29, 0.717) is 37.1 Å². The third-order valence-corrected chi connectivity index (χ3v) is 5.70. The summed E-state index contributed by atoms with van der Waals surface area (Å²) in [5.41, 5.74) is 3.74. The zero-order chi connectivity index (χ0) is 21.8. The maximum Gasteiger partial charge on any atom is 0.292 e. The molecule has 2 N–H and O–H groups in total. The number of H-pyrrole nitrogens is 1. The number of amides is 1. The monoisotopic (exact) mass is 440 g/mol. The SMILES string of the molecule is Cc1nc(C(=O)N2CCOCC2c2cccc(Cl)c2)nc(NCCc2cn[nH]c2)c1C. The van der Waals surface area contributed by atoms with E-state index in [9.17, 15) is 4.79 Å². The summed E-state index contributed by atoms with van der Waals surface area (Å²) < 4.78 is 5.65. The third kappa shape index (κ3) is 4.86. The summed E-state index contributed by atoms with van der Waals surface area (Å²) in [7, 11) is 0. The standard InChI is InChI=1S/C22H25ClN6O2/c1-14-15(2)27-21(28-20(14)24-7-6-16-11-25-26-12-16)22(30)29-8-9-31-13-19(29)17-4-3-5-18(23)10-17/h3-5,10-12,19H,6-9,13H2,1-2H3,(H,25,26)(H,24,27,28). The van der Waals surface area contributed by atoms with Gasteiger partial charge in [0.1, 0.15) is 5.82 Å². The number of rotatable bonds is 6. The van der Waals surface area contributed by atoms with Crippen LogP contribution in [0.4, 0.5) is 5.82 Å². The number of nitrogens with zero attached hydrogens (tertiary/aromatic N) is 4. The number of carbonyl (C=O) groups is 1. The Labute approximate surface area is 186 Å². The Kier molecular flexibility index (Phi) is 6.48. The molecule has 2 aromatic heterocycles. The fourth-order valence-corrected chi connectivity index (χ4v) is 3.80. The zero-order valence-electron chi connectivity index (χ0n) is 17.6. The molecule has 4 rings (SSSR count). The van der Waals surface area contributed by atoms with Crippen LogP contribution in [-0.2, 0) is 11.2 Å². The summed E-state index contributed by atoms with van der Waals surface area (Å²) in [4.78, 5) is 24.2. The van der Waals surface area contributed by atoms with Crippen molar-refractivity contribution in [2.24, 2.45) is 0 Å². The lowest BCUT2D eigenvalue weighted by Crippen LogP contribution is -2.44. The van der Waals surface area contributed by atoms with E-state index in [4.69, 9.17) is 16.3 Å². The first kappa shape index (κ1) is 21.3. The highest BCUT2D eigenvalue weighted by atomic mass is 35.5. The predicted molar refractivity (Wildman–Crippen MR) is 118 cm³/mol. The molecule has 1 unspecified atom stereocenters. The molecule has 0 bridgehead atoms. The van der Waals surface area contributed by atoms with Gasteiger partial charge in [-0.25, -0.2) is 9.97 Å². The van der Waals surface area contributed by atoms with E-state index >= 15 is 0 Å². The molecule has 3 aromatic rings. The van der Waals surface area contributed by atoms with Crippen molar-refractivity contribution in [2.45, 2.75) is 26.3 Å². The molecule has 1 atom stereocenters. The molecule has 0 saturated carbocycles. The molecule has 1 saturated heterocycles. The van der Waals surface area contributed by atoms with E-state index < -0.39 is 0 Å². The van der Waals surface area contributed by atoms with Gasteiger partial charge in [-0.3, -0.25) is 9.89 Å². The van der Waals surface area contributed by atoms with Crippen LogP contribution in [0.3, 0.4) is 0 Å². The molecule has 0 radical (unpaired) electrons. The summed E-state index contributed by atoms with van der Waals surface area (Å²) >= 11 is 6.17. The average molecular weight is 441 g/mol. The molecular formula is C22H25ClN6O2. The summed E-state index contributed by atoms with van der Waals surface area (Å²) in [6.07, 6.45) is 4.45. The topological polar surface area (TPSA) is 96.0 Å².